The van der Waals surface area contributed by atoms with Gasteiger partial charge in [0.1, 0.15) is 5.78 Å². The van der Waals surface area contributed by atoms with Gasteiger partial charge in [0.15, 0.2) is 0 Å². The summed E-state index contributed by atoms with van der Waals surface area (Å²) in [5.74, 6) is 2.21. The lowest BCUT2D eigenvalue weighted by Crippen LogP contribution is -2.32. The molecule has 0 aromatic heterocycles. The lowest BCUT2D eigenvalue weighted by Gasteiger charge is -2.30. The van der Waals surface area contributed by atoms with Crippen LogP contribution in [0.1, 0.15) is 40.0 Å². The van der Waals surface area contributed by atoms with E-state index in [9.17, 15) is 4.79 Å². The number of Topliss-reactive ketones (excluding diaryl/α,β-unsaturated/α-hetero) is 1. The molecular weight excluding hydrogens is 174 g/mol. The van der Waals surface area contributed by atoms with Crippen molar-refractivity contribution in [2.24, 2.45) is 17.8 Å². The molecule has 2 nitrogen and oxygen atoms in total. The Morgan fingerprint density at radius 2 is 1.79 bits per heavy atom. The van der Waals surface area contributed by atoms with E-state index in [1.54, 1.807) is 0 Å². The van der Waals surface area contributed by atoms with Crippen LogP contribution in [0.4, 0.5) is 0 Å². The molecular formula is C12H23NO. The Hall–Kier alpha value is -0.370. The van der Waals surface area contributed by atoms with Gasteiger partial charge in [-0.15, -0.1) is 0 Å². The summed E-state index contributed by atoms with van der Waals surface area (Å²) in [5.41, 5.74) is 0. The first-order valence-electron chi connectivity index (χ1n) is 5.86. The zero-order valence-corrected chi connectivity index (χ0v) is 9.68. The molecule has 2 atom stereocenters. The zero-order valence-electron chi connectivity index (χ0n) is 9.68. The van der Waals surface area contributed by atoms with Gasteiger partial charge < -0.3 is 5.32 Å². The Bertz CT molecular complexity index is 181. The number of likely N-dealkylation sites (N-methyl/N-ethyl adjacent to an activating group) is 1. The molecule has 1 fully saturated rings. The van der Waals surface area contributed by atoms with Crippen LogP contribution in [0.15, 0.2) is 0 Å². The third kappa shape index (κ3) is 3.41. The van der Waals surface area contributed by atoms with Crippen molar-refractivity contribution in [3.8, 4) is 0 Å². The van der Waals surface area contributed by atoms with E-state index >= 15 is 0 Å². The van der Waals surface area contributed by atoms with E-state index in [1.807, 2.05) is 6.92 Å². The van der Waals surface area contributed by atoms with Gasteiger partial charge >= 0.3 is 0 Å². The summed E-state index contributed by atoms with van der Waals surface area (Å²) in [6, 6.07) is 0. The highest BCUT2D eigenvalue weighted by molar-refractivity contribution is 5.83. The third-order valence-corrected chi connectivity index (χ3v) is 3.18. The van der Waals surface area contributed by atoms with Gasteiger partial charge in [-0.05, 0) is 37.6 Å². The maximum atomic E-state index is 11.8. The van der Waals surface area contributed by atoms with Crippen LogP contribution in [-0.2, 0) is 4.79 Å². The number of rotatable bonds is 4. The van der Waals surface area contributed by atoms with E-state index in [0.29, 0.717) is 18.2 Å². The number of carbonyl (C=O) groups is 1. The van der Waals surface area contributed by atoms with Crippen LogP contribution in [0.3, 0.4) is 0 Å². The summed E-state index contributed by atoms with van der Waals surface area (Å²) in [6.45, 7) is 8.04. The molecule has 0 saturated heterocycles. The summed E-state index contributed by atoms with van der Waals surface area (Å²) in [7, 11) is 0. The molecule has 1 aliphatic rings. The highest BCUT2D eigenvalue weighted by atomic mass is 16.1. The van der Waals surface area contributed by atoms with Crippen molar-refractivity contribution in [3.63, 3.8) is 0 Å². The Morgan fingerprint density at radius 1 is 1.21 bits per heavy atom. The third-order valence-electron chi connectivity index (χ3n) is 3.18. The maximum absolute atomic E-state index is 11.8. The minimum absolute atomic E-state index is 0.327. The van der Waals surface area contributed by atoms with Crippen molar-refractivity contribution in [2.75, 3.05) is 13.1 Å². The van der Waals surface area contributed by atoms with Crippen LogP contribution >= 0.6 is 0 Å². The molecule has 14 heavy (non-hydrogen) atoms. The summed E-state index contributed by atoms with van der Waals surface area (Å²) < 4.78 is 0. The largest absolute Gasteiger partial charge is 0.310 e. The molecule has 0 aliphatic heterocycles. The second-order valence-electron chi connectivity index (χ2n) is 4.86. The Balaban J connectivity index is 2.38. The standard InChI is InChI=1S/C12H23NO/c1-4-13-8-12(14)11-6-9(2)5-10(3)7-11/h9-11,13H,4-8H2,1-3H3. The SMILES string of the molecule is CCNCC(=O)C1CC(C)CC(C)C1. The fraction of sp³-hybridized carbons (Fsp3) is 0.917. The Labute approximate surface area is 87.5 Å². The molecule has 1 rings (SSSR count). The molecule has 0 aromatic carbocycles. The van der Waals surface area contributed by atoms with Gasteiger partial charge in [0.05, 0.1) is 6.54 Å². The predicted octanol–water partition coefficient (Wildman–Crippen LogP) is 2.24. The fourth-order valence-electron chi connectivity index (χ4n) is 2.60. The normalized spacial score (nSPS) is 32.9. The Kier molecular flexibility index (Phi) is 4.59. The number of hydrogen-bond acceptors (Lipinski definition) is 2. The van der Waals surface area contributed by atoms with E-state index in [4.69, 9.17) is 0 Å². The van der Waals surface area contributed by atoms with Gasteiger partial charge in [0.25, 0.3) is 0 Å². The average molecular weight is 197 g/mol. The van der Waals surface area contributed by atoms with Crippen molar-refractivity contribution < 1.29 is 4.79 Å². The number of nitrogens with one attached hydrogen (secondary N) is 1. The zero-order chi connectivity index (χ0) is 10.6. The van der Waals surface area contributed by atoms with Gasteiger partial charge in [-0.3, -0.25) is 4.79 Å². The van der Waals surface area contributed by atoms with Crippen molar-refractivity contribution in [1.29, 1.82) is 0 Å². The lowest BCUT2D eigenvalue weighted by atomic mass is 9.75. The van der Waals surface area contributed by atoms with Gasteiger partial charge in [-0.2, -0.15) is 0 Å². The molecule has 0 aromatic rings. The van der Waals surface area contributed by atoms with Crippen molar-refractivity contribution in [1.82, 2.24) is 5.32 Å². The summed E-state index contributed by atoms with van der Waals surface area (Å²) in [5, 5.41) is 3.13. The minimum atomic E-state index is 0.327. The van der Waals surface area contributed by atoms with E-state index in [-0.39, 0.29) is 0 Å². The van der Waals surface area contributed by atoms with Crippen molar-refractivity contribution in [3.05, 3.63) is 0 Å². The minimum Gasteiger partial charge on any atom is -0.310 e. The second kappa shape index (κ2) is 5.50. The molecule has 0 amide bonds. The van der Waals surface area contributed by atoms with Crippen molar-refractivity contribution >= 4 is 5.78 Å². The molecule has 0 radical (unpaired) electrons. The van der Waals surface area contributed by atoms with Gasteiger partial charge in [-0.25, -0.2) is 0 Å². The average Bonchev–Trinajstić information content (AvgIpc) is 2.12. The first-order valence-corrected chi connectivity index (χ1v) is 5.86. The molecule has 2 unspecified atom stereocenters. The van der Waals surface area contributed by atoms with Crippen LogP contribution in [0.5, 0.6) is 0 Å². The molecule has 0 bridgehead atoms. The second-order valence-corrected chi connectivity index (χ2v) is 4.86. The highest BCUT2D eigenvalue weighted by Crippen LogP contribution is 2.33. The van der Waals surface area contributed by atoms with Gasteiger partial charge in [-0.1, -0.05) is 20.8 Å². The molecule has 0 spiro atoms. The van der Waals surface area contributed by atoms with Crippen LogP contribution in [0.25, 0.3) is 0 Å². The summed E-state index contributed by atoms with van der Waals surface area (Å²) in [6.07, 6.45) is 3.51. The monoisotopic (exact) mass is 197 g/mol. The molecule has 1 N–H and O–H groups in total. The van der Waals surface area contributed by atoms with Gasteiger partial charge in [0, 0.05) is 5.92 Å². The Morgan fingerprint density at radius 3 is 2.29 bits per heavy atom. The quantitative estimate of drug-likeness (QED) is 0.749. The number of carbonyl (C=O) groups excluding carboxylic acids is 1. The van der Waals surface area contributed by atoms with E-state index in [0.717, 1.165) is 31.2 Å². The molecule has 0 heterocycles. The first kappa shape index (κ1) is 11.7. The van der Waals surface area contributed by atoms with E-state index in [1.165, 1.54) is 6.42 Å². The molecule has 1 aliphatic carbocycles. The molecule has 82 valence electrons. The van der Waals surface area contributed by atoms with E-state index in [2.05, 4.69) is 19.2 Å². The van der Waals surface area contributed by atoms with Crippen LogP contribution in [-0.4, -0.2) is 18.9 Å². The highest BCUT2D eigenvalue weighted by Gasteiger charge is 2.28. The van der Waals surface area contributed by atoms with Crippen LogP contribution in [0.2, 0.25) is 0 Å². The fourth-order valence-corrected chi connectivity index (χ4v) is 2.60. The summed E-state index contributed by atoms with van der Waals surface area (Å²) >= 11 is 0. The topological polar surface area (TPSA) is 29.1 Å². The molecule has 1 saturated carbocycles. The summed E-state index contributed by atoms with van der Waals surface area (Å²) in [4.78, 5) is 11.8. The van der Waals surface area contributed by atoms with Gasteiger partial charge in [0.2, 0.25) is 0 Å². The molecule has 2 heteroatoms. The smallest absolute Gasteiger partial charge is 0.149 e. The van der Waals surface area contributed by atoms with E-state index < -0.39 is 0 Å². The maximum Gasteiger partial charge on any atom is 0.149 e. The van der Waals surface area contributed by atoms with Crippen LogP contribution in [0, 0.1) is 17.8 Å². The lowest BCUT2D eigenvalue weighted by molar-refractivity contribution is -0.123. The predicted molar refractivity (Wildman–Crippen MR) is 59.2 cm³/mol. The first-order chi connectivity index (χ1) is 6.63. The van der Waals surface area contributed by atoms with Crippen LogP contribution < -0.4 is 5.32 Å². The van der Waals surface area contributed by atoms with Crippen molar-refractivity contribution in [2.45, 2.75) is 40.0 Å². The number of ketones is 1. The number of hydrogen-bond donors (Lipinski definition) is 1.